The van der Waals surface area contributed by atoms with Gasteiger partial charge in [-0.3, -0.25) is 9.59 Å². The summed E-state index contributed by atoms with van der Waals surface area (Å²) in [6.07, 6.45) is 4.13. The van der Waals surface area contributed by atoms with Crippen LogP contribution in [0.1, 0.15) is 38.4 Å². The van der Waals surface area contributed by atoms with E-state index in [2.05, 4.69) is 0 Å². The van der Waals surface area contributed by atoms with Gasteiger partial charge < -0.3 is 19.4 Å². The van der Waals surface area contributed by atoms with Crippen molar-refractivity contribution in [3.05, 3.63) is 36.3 Å². The van der Waals surface area contributed by atoms with Crippen molar-refractivity contribution in [3.8, 4) is 0 Å². The number of hydrogen-bond donors (Lipinski definition) is 2. The molecule has 25 heavy (non-hydrogen) atoms. The zero-order chi connectivity index (χ0) is 18.0. The normalized spacial score (nSPS) is 46.3. The second-order valence-corrected chi connectivity index (χ2v) is 7.97. The Morgan fingerprint density at radius 3 is 2.68 bits per heavy atom. The largest absolute Gasteiger partial charge is 0.472 e. The monoisotopic (exact) mass is 346 g/mol. The number of ether oxygens (including phenoxy) is 1. The number of esters is 1. The van der Waals surface area contributed by atoms with Crippen LogP contribution >= 0.6 is 0 Å². The molecular formula is C19H22O6. The predicted octanol–water partition coefficient (Wildman–Crippen LogP) is 1.78. The molecule has 0 aromatic carbocycles. The van der Waals surface area contributed by atoms with Crippen molar-refractivity contribution >= 4 is 11.8 Å². The van der Waals surface area contributed by atoms with Crippen molar-refractivity contribution in [2.24, 2.45) is 22.7 Å². The molecular weight excluding hydrogens is 324 g/mol. The zero-order valence-electron chi connectivity index (χ0n) is 14.2. The number of ketones is 1. The summed E-state index contributed by atoms with van der Waals surface area (Å²) in [5.41, 5.74) is -1.03. The first-order valence-electron chi connectivity index (χ1n) is 8.60. The summed E-state index contributed by atoms with van der Waals surface area (Å²) in [5, 5.41) is 21.4. The molecule has 0 amide bonds. The van der Waals surface area contributed by atoms with E-state index in [1.807, 2.05) is 6.92 Å². The molecule has 0 bridgehead atoms. The molecule has 1 aromatic rings. The number of carbonyl (C=O) groups excluding carboxylic acids is 2. The Morgan fingerprint density at radius 1 is 1.24 bits per heavy atom. The van der Waals surface area contributed by atoms with Gasteiger partial charge in [0.2, 0.25) is 0 Å². The van der Waals surface area contributed by atoms with Crippen molar-refractivity contribution in [3.63, 3.8) is 0 Å². The van der Waals surface area contributed by atoms with Gasteiger partial charge in [-0.15, -0.1) is 0 Å². The minimum atomic E-state index is -1.11. The van der Waals surface area contributed by atoms with E-state index in [9.17, 15) is 19.8 Å². The van der Waals surface area contributed by atoms with Crippen LogP contribution in [0.15, 0.2) is 35.2 Å². The summed E-state index contributed by atoms with van der Waals surface area (Å²) < 4.78 is 10.7. The molecule has 1 saturated heterocycles. The number of aliphatic hydroxyl groups excluding tert-OH is 2. The first kappa shape index (κ1) is 16.5. The Hall–Kier alpha value is -1.92. The van der Waals surface area contributed by atoms with E-state index in [1.54, 1.807) is 19.3 Å². The lowest BCUT2D eigenvalue weighted by Crippen LogP contribution is -2.65. The topological polar surface area (TPSA) is 97.0 Å². The van der Waals surface area contributed by atoms with E-state index >= 15 is 0 Å². The molecule has 1 aromatic heterocycles. The van der Waals surface area contributed by atoms with E-state index < -0.39 is 46.9 Å². The molecule has 3 aliphatic rings. The number of rotatable bonds is 1. The number of carbonyl (C=O) groups is 2. The molecule has 1 saturated carbocycles. The van der Waals surface area contributed by atoms with E-state index in [1.165, 1.54) is 18.4 Å². The fraction of sp³-hybridized carbons (Fsp3) is 0.579. The summed E-state index contributed by atoms with van der Waals surface area (Å²) in [4.78, 5) is 25.3. The lowest BCUT2D eigenvalue weighted by molar-refractivity contribution is -0.218. The Kier molecular flexibility index (Phi) is 3.50. The average molecular weight is 346 g/mol. The molecule has 6 nitrogen and oxygen atoms in total. The minimum Gasteiger partial charge on any atom is -0.472 e. The predicted molar refractivity (Wildman–Crippen MR) is 86.1 cm³/mol. The summed E-state index contributed by atoms with van der Waals surface area (Å²) in [5.74, 6) is -1.71. The number of aliphatic hydroxyl groups is 2. The van der Waals surface area contributed by atoms with Gasteiger partial charge in [0.25, 0.3) is 0 Å². The zero-order valence-corrected chi connectivity index (χ0v) is 14.2. The van der Waals surface area contributed by atoms with Crippen molar-refractivity contribution in [1.29, 1.82) is 0 Å². The second-order valence-electron chi connectivity index (χ2n) is 7.97. The summed E-state index contributed by atoms with van der Waals surface area (Å²) in [7, 11) is 0. The number of allylic oxidation sites excluding steroid dienone is 1. The maximum Gasteiger partial charge on any atom is 0.310 e. The Morgan fingerprint density at radius 2 is 2.00 bits per heavy atom. The summed E-state index contributed by atoms with van der Waals surface area (Å²) in [6.45, 7) is 3.63. The Balaban J connectivity index is 1.81. The van der Waals surface area contributed by atoms with Crippen LogP contribution in [0, 0.1) is 22.7 Å². The van der Waals surface area contributed by atoms with Crippen LogP contribution in [0.25, 0.3) is 0 Å². The summed E-state index contributed by atoms with van der Waals surface area (Å²) in [6, 6.07) is 1.75. The number of cyclic esters (lactones) is 1. The smallest absolute Gasteiger partial charge is 0.310 e. The van der Waals surface area contributed by atoms with Crippen LogP contribution < -0.4 is 0 Å². The van der Waals surface area contributed by atoms with Gasteiger partial charge >= 0.3 is 5.97 Å². The molecule has 2 heterocycles. The third kappa shape index (κ3) is 2.10. The number of hydrogen-bond acceptors (Lipinski definition) is 6. The highest BCUT2D eigenvalue weighted by molar-refractivity contribution is 5.97. The van der Waals surface area contributed by atoms with Gasteiger partial charge in [-0.1, -0.05) is 13.0 Å². The fourth-order valence-corrected chi connectivity index (χ4v) is 5.33. The third-order valence-electron chi connectivity index (χ3n) is 6.70. The van der Waals surface area contributed by atoms with Crippen LogP contribution in [0.4, 0.5) is 0 Å². The van der Waals surface area contributed by atoms with E-state index in [0.717, 1.165) is 5.56 Å². The Bertz CT molecular complexity index is 737. The van der Waals surface area contributed by atoms with Crippen LogP contribution in [-0.4, -0.2) is 34.2 Å². The number of furan rings is 1. The van der Waals surface area contributed by atoms with Gasteiger partial charge in [0.1, 0.15) is 6.10 Å². The molecule has 0 unspecified atom stereocenters. The highest BCUT2D eigenvalue weighted by Crippen LogP contribution is 2.62. The van der Waals surface area contributed by atoms with E-state index in [0.29, 0.717) is 6.42 Å². The maximum atomic E-state index is 12.7. The van der Waals surface area contributed by atoms with Gasteiger partial charge in [0.05, 0.1) is 36.1 Å². The SMILES string of the molecule is C[C@@]12C[C@@H](c3ccoc3)OC(=O)[C@@H]1C[C@H](O)[C@@]1(C)C(=O)C=C[C@H](O)[C@@H]21. The van der Waals surface area contributed by atoms with Crippen LogP contribution in [0.3, 0.4) is 0 Å². The van der Waals surface area contributed by atoms with Gasteiger partial charge in [0.15, 0.2) is 5.78 Å². The van der Waals surface area contributed by atoms with Crippen LogP contribution in [0.5, 0.6) is 0 Å². The first-order chi connectivity index (χ1) is 11.8. The molecule has 0 spiro atoms. The van der Waals surface area contributed by atoms with Gasteiger partial charge in [-0.25, -0.2) is 0 Å². The first-order valence-corrected chi connectivity index (χ1v) is 8.60. The van der Waals surface area contributed by atoms with Crippen LogP contribution in [0.2, 0.25) is 0 Å². The standard InChI is InChI=1S/C19H22O6/c1-18-8-13(10-5-6-24-9-10)25-17(23)11(18)7-15(22)19(2)14(21)4-3-12(20)16(18)19/h3-6,9,11-13,15-16,20,22H,7-8H2,1-2H3/t11-,12-,13-,15-,16-,18+,19+/m0/s1. The molecule has 6 heteroatoms. The van der Waals surface area contributed by atoms with Crippen molar-refractivity contribution < 1.29 is 29.0 Å². The minimum absolute atomic E-state index is 0.159. The molecule has 0 radical (unpaired) electrons. The van der Waals surface area contributed by atoms with E-state index in [-0.39, 0.29) is 12.2 Å². The highest BCUT2D eigenvalue weighted by Gasteiger charge is 2.66. The lowest BCUT2D eigenvalue weighted by Gasteiger charge is -2.60. The molecule has 2 aliphatic carbocycles. The highest BCUT2D eigenvalue weighted by atomic mass is 16.5. The third-order valence-corrected chi connectivity index (χ3v) is 6.70. The molecule has 2 fully saturated rings. The molecule has 1 aliphatic heterocycles. The van der Waals surface area contributed by atoms with E-state index in [4.69, 9.17) is 9.15 Å². The average Bonchev–Trinajstić information content (AvgIpc) is 3.08. The molecule has 7 atom stereocenters. The van der Waals surface area contributed by atoms with Gasteiger partial charge in [-0.2, -0.15) is 0 Å². The van der Waals surface area contributed by atoms with Crippen molar-refractivity contribution in [1.82, 2.24) is 0 Å². The van der Waals surface area contributed by atoms with Gasteiger partial charge in [-0.05, 0) is 37.3 Å². The quantitative estimate of drug-likeness (QED) is 0.753. The summed E-state index contributed by atoms with van der Waals surface area (Å²) >= 11 is 0. The Labute approximate surface area is 145 Å². The second kappa shape index (κ2) is 5.29. The fourth-order valence-electron chi connectivity index (χ4n) is 5.33. The molecule has 2 N–H and O–H groups in total. The maximum absolute atomic E-state index is 12.7. The van der Waals surface area contributed by atoms with Crippen molar-refractivity contribution in [2.75, 3.05) is 0 Å². The lowest BCUT2D eigenvalue weighted by atomic mass is 9.45. The van der Waals surface area contributed by atoms with Crippen molar-refractivity contribution in [2.45, 2.75) is 45.0 Å². The molecule has 4 rings (SSSR count). The van der Waals surface area contributed by atoms with Crippen LogP contribution in [-0.2, 0) is 14.3 Å². The number of fused-ring (bicyclic) bond motifs is 3. The van der Waals surface area contributed by atoms with Gasteiger partial charge in [0, 0.05) is 11.5 Å². The molecule has 134 valence electrons.